The van der Waals surface area contributed by atoms with E-state index in [0.717, 1.165) is 17.9 Å². The Hall–Kier alpha value is -1.84. The maximum Gasteiger partial charge on any atom is 0.119 e. The van der Waals surface area contributed by atoms with Gasteiger partial charge in [0.2, 0.25) is 0 Å². The lowest BCUT2D eigenvalue weighted by atomic mass is 10.1. The van der Waals surface area contributed by atoms with E-state index < -0.39 is 6.10 Å². The molecule has 2 N–H and O–H groups in total. The summed E-state index contributed by atoms with van der Waals surface area (Å²) in [6, 6.07) is 17.9. The predicted octanol–water partition coefficient (Wildman–Crippen LogP) is 3.47. The monoisotopic (exact) mass is 285 g/mol. The average Bonchev–Trinajstić information content (AvgIpc) is 2.54. The first-order valence-electron chi connectivity index (χ1n) is 7.40. The smallest absolute Gasteiger partial charge is 0.119 e. The zero-order valence-corrected chi connectivity index (χ0v) is 12.6. The molecule has 0 aliphatic heterocycles. The van der Waals surface area contributed by atoms with E-state index >= 15 is 0 Å². The summed E-state index contributed by atoms with van der Waals surface area (Å²) in [5.41, 5.74) is 2.10. The van der Waals surface area contributed by atoms with Crippen LogP contribution in [0.15, 0.2) is 54.6 Å². The highest BCUT2D eigenvalue weighted by molar-refractivity contribution is 5.29. The van der Waals surface area contributed by atoms with E-state index in [2.05, 4.69) is 31.3 Å². The largest absolute Gasteiger partial charge is 0.491 e. The molecule has 3 heteroatoms. The predicted molar refractivity (Wildman–Crippen MR) is 85.4 cm³/mol. The third kappa shape index (κ3) is 4.59. The number of ether oxygens (including phenoxy) is 1. The SMILES string of the molecule is CCNC(C)c1ccc(OCC(O)c2ccccc2)cc1. The van der Waals surface area contributed by atoms with Crippen LogP contribution in [-0.2, 0) is 0 Å². The Kier molecular flexibility index (Phi) is 5.78. The first-order valence-corrected chi connectivity index (χ1v) is 7.40. The van der Waals surface area contributed by atoms with Crippen molar-refractivity contribution in [2.24, 2.45) is 0 Å². The topological polar surface area (TPSA) is 41.5 Å². The van der Waals surface area contributed by atoms with Crippen LogP contribution in [0, 0.1) is 0 Å². The highest BCUT2D eigenvalue weighted by Crippen LogP contribution is 2.19. The summed E-state index contributed by atoms with van der Waals surface area (Å²) < 4.78 is 5.65. The molecule has 0 aliphatic rings. The van der Waals surface area contributed by atoms with Crippen LogP contribution < -0.4 is 10.1 Å². The Morgan fingerprint density at radius 2 is 1.67 bits per heavy atom. The van der Waals surface area contributed by atoms with Crippen molar-refractivity contribution in [1.82, 2.24) is 5.32 Å². The van der Waals surface area contributed by atoms with E-state index in [0.29, 0.717) is 6.04 Å². The molecule has 2 aromatic carbocycles. The normalized spacial score (nSPS) is 13.7. The van der Waals surface area contributed by atoms with Gasteiger partial charge in [-0.05, 0) is 36.7 Å². The number of nitrogens with one attached hydrogen (secondary N) is 1. The van der Waals surface area contributed by atoms with E-state index in [9.17, 15) is 5.11 Å². The van der Waals surface area contributed by atoms with Gasteiger partial charge in [0.05, 0.1) is 0 Å². The van der Waals surface area contributed by atoms with Crippen LogP contribution >= 0.6 is 0 Å². The van der Waals surface area contributed by atoms with Crippen molar-refractivity contribution in [2.75, 3.05) is 13.2 Å². The molecular formula is C18H23NO2. The first-order chi connectivity index (χ1) is 10.2. The molecule has 0 bridgehead atoms. The molecule has 0 saturated heterocycles. The number of hydrogen-bond donors (Lipinski definition) is 2. The number of aliphatic hydroxyl groups is 1. The number of aliphatic hydroxyl groups excluding tert-OH is 1. The zero-order valence-electron chi connectivity index (χ0n) is 12.6. The lowest BCUT2D eigenvalue weighted by Gasteiger charge is -2.15. The summed E-state index contributed by atoms with van der Waals surface area (Å²) in [4.78, 5) is 0. The van der Waals surface area contributed by atoms with Crippen molar-refractivity contribution in [2.45, 2.75) is 26.0 Å². The van der Waals surface area contributed by atoms with E-state index in [1.54, 1.807) is 0 Å². The van der Waals surface area contributed by atoms with Gasteiger partial charge in [-0.15, -0.1) is 0 Å². The van der Waals surface area contributed by atoms with Crippen molar-refractivity contribution in [3.63, 3.8) is 0 Å². The second-order valence-corrected chi connectivity index (χ2v) is 5.09. The molecule has 21 heavy (non-hydrogen) atoms. The van der Waals surface area contributed by atoms with Crippen LogP contribution in [0.1, 0.15) is 37.1 Å². The van der Waals surface area contributed by atoms with Crippen molar-refractivity contribution < 1.29 is 9.84 Å². The van der Waals surface area contributed by atoms with Crippen LogP contribution in [0.4, 0.5) is 0 Å². The minimum atomic E-state index is -0.605. The summed E-state index contributed by atoms with van der Waals surface area (Å²) in [5, 5.41) is 13.4. The molecule has 3 nitrogen and oxygen atoms in total. The molecule has 0 saturated carbocycles. The fraction of sp³-hybridized carbons (Fsp3) is 0.333. The van der Waals surface area contributed by atoms with Crippen LogP contribution in [0.5, 0.6) is 5.75 Å². The van der Waals surface area contributed by atoms with E-state index in [1.807, 2.05) is 42.5 Å². The number of benzene rings is 2. The minimum absolute atomic E-state index is 0.256. The summed E-state index contributed by atoms with van der Waals surface area (Å²) in [5.74, 6) is 0.775. The van der Waals surface area contributed by atoms with Gasteiger partial charge in [0.15, 0.2) is 0 Å². The molecule has 2 aromatic rings. The van der Waals surface area contributed by atoms with E-state index in [1.165, 1.54) is 5.56 Å². The molecule has 0 radical (unpaired) electrons. The van der Waals surface area contributed by atoms with Gasteiger partial charge in [-0.1, -0.05) is 49.4 Å². The lowest BCUT2D eigenvalue weighted by Crippen LogP contribution is -2.17. The van der Waals surface area contributed by atoms with Gasteiger partial charge in [0.25, 0.3) is 0 Å². The van der Waals surface area contributed by atoms with Gasteiger partial charge in [0.1, 0.15) is 18.5 Å². The minimum Gasteiger partial charge on any atom is -0.491 e. The summed E-state index contributed by atoms with van der Waals surface area (Å²) in [6.45, 7) is 5.44. The Labute approximate surface area is 126 Å². The van der Waals surface area contributed by atoms with Gasteiger partial charge in [0, 0.05) is 6.04 Å². The summed E-state index contributed by atoms with van der Waals surface area (Å²) >= 11 is 0. The highest BCUT2D eigenvalue weighted by Gasteiger charge is 2.08. The Morgan fingerprint density at radius 1 is 1.00 bits per heavy atom. The molecule has 2 atom stereocenters. The molecular weight excluding hydrogens is 262 g/mol. The van der Waals surface area contributed by atoms with Crippen LogP contribution in [0.25, 0.3) is 0 Å². The third-order valence-electron chi connectivity index (χ3n) is 3.48. The molecule has 0 heterocycles. The Bertz CT molecular complexity index is 525. The van der Waals surface area contributed by atoms with E-state index in [4.69, 9.17) is 4.74 Å². The quantitative estimate of drug-likeness (QED) is 0.818. The standard InChI is InChI=1S/C18H23NO2/c1-3-19-14(2)15-9-11-17(12-10-15)21-13-18(20)16-7-5-4-6-8-16/h4-12,14,18-20H,3,13H2,1-2H3. The van der Waals surface area contributed by atoms with Crippen LogP contribution in [-0.4, -0.2) is 18.3 Å². The first kappa shape index (κ1) is 15.5. The third-order valence-corrected chi connectivity index (χ3v) is 3.48. The lowest BCUT2D eigenvalue weighted by molar-refractivity contribution is 0.108. The fourth-order valence-electron chi connectivity index (χ4n) is 2.22. The molecule has 0 fully saturated rings. The van der Waals surface area contributed by atoms with Gasteiger partial charge in [-0.3, -0.25) is 0 Å². The van der Waals surface area contributed by atoms with Gasteiger partial charge in [-0.25, -0.2) is 0 Å². The average molecular weight is 285 g/mol. The molecule has 2 unspecified atom stereocenters. The second kappa shape index (κ2) is 7.81. The summed E-state index contributed by atoms with van der Waals surface area (Å²) in [7, 11) is 0. The zero-order chi connectivity index (χ0) is 15.1. The van der Waals surface area contributed by atoms with Crippen LogP contribution in [0.3, 0.4) is 0 Å². The molecule has 0 aromatic heterocycles. The number of hydrogen-bond acceptors (Lipinski definition) is 3. The van der Waals surface area contributed by atoms with Crippen molar-refractivity contribution in [3.05, 3.63) is 65.7 Å². The van der Waals surface area contributed by atoms with Gasteiger partial charge < -0.3 is 15.2 Å². The van der Waals surface area contributed by atoms with Gasteiger partial charge >= 0.3 is 0 Å². The molecule has 0 amide bonds. The highest BCUT2D eigenvalue weighted by atomic mass is 16.5. The molecule has 0 aliphatic carbocycles. The molecule has 112 valence electrons. The van der Waals surface area contributed by atoms with Gasteiger partial charge in [-0.2, -0.15) is 0 Å². The van der Waals surface area contributed by atoms with Crippen LogP contribution in [0.2, 0.25) is 0 Å². The second-order valence-electron chi connectivity index (χ2n) is 5.09. The Balaban J connectivity index is 1.89. The number of rotatable bonds is 7. The Morgan fingerprint density at radius 3 is 2.29 bits per heavy atom. The van der Waals surface area contributed by atoms with E-state index in [-0.39, 0.29) is 6.61 Å². The molecule has 0 spiro atoms. The summed E-state index contributed by atoms with van der Waals surface area (Å²) in [6.07, 6.45) is -0.605. The van der Waals surface area contributed by atoms with Crippen molar-refractivity contribution >= 4 is 0 Å². The maximum atomic E-state index is 10.1. The maximum absolute atomic E-state index is 10.1. The van der Waals surface area contributed by atoms with Crippen molar-refractivity contribution in [3.8, 4) is 5.75 Å². The fourth-order valence-corrected chi connectivity index (χ4v) is 2.22. The van der Waals surface area contributed by atoms with Crippen molar-refractivity contribution in [1.29, 1.82) is 0 Å². The molecule has 2 rings (SSSR count).